The summed E-state index contributed by atoms with van der Waals surface area (Å²) in [6, 6.07) is 11.8. The molecule has 0 spiro atoms. The number of rotatable bonds is 5. The maximum absolute atomic E-state index is 10.8. The number of piperidine rings is 2. The van der Waals surface area contributed by atoms with E-state index < -0.39 is 5.60 Å². The van der Waals surface area contributed by atoms with Gasteiger partial charge in [-0.2, -0.15) is 0 Å². The Morgan fingerprint density at radius 1 is 1.05 bits per heavy atom. The Morgan fingerprint density at radius 2 is 1.75 bits per heavy atom. The summed E-state index contributed by atoms with van der Waals surface area (Å²) < 4.78 is 0. The van der Waals surface area contributed by atoms with E-state index in [0.29, 0.717) is 12.1 Å². The van der Waals surface area contributed by atoms with E-state index in [9.17, 15) is 5.11 Å². The molecular formula is C18H27NO. The van der Waals surface area contributed by atoms with Crippen molar-refractivity contribution in [3.05, 3.63) is 35.9 Å². The molecule has 2 atom stereocenters. The molecule has 2 bridgehead atoms. The third-order valence-electron chi connectivity index (χ3n) is 5.03. The van der Waals surface area contributed by atoms with Gasteiger partial charge in [0, 0.05) is 12.1 Å². The molecule has 2 unspecified atom stereocenters. The molecule has 2 heteroatoms. The third kappa shape index (κ3) is 3.62. The zero-order chi connectivity index (χ0) is 13.8. The van der Waals surface area contributed by atoms with Gasteiger partial charge in [0.15, 0.2) is 0 Å². The van der Waals surface area contributed by atoms with Crippen LogP contribution >= 0.6 is 0 Å². The second-order valence-electron chi connectivity index (χ2n) is 6.82. The summed E-state index contributed by atoms with van der Waals surface area (Å²) in [7, 11) is 0. The van der Waals surface area contributed by atoms with Crippen LogP contribution in [0.25, 0.3) is 0 Å². The van der Waals surface area contributed by atoms with E-state index in [2.05, 4.69) is 35.6 Å². The third-order valence-corrected chi connectivity index (χ3v) is 5.03. The van der Waals surface area contributed by atoms with Crippen LogP contribution < -0.4 is 5.32 Å². The Bertz CT molecular complexity index is 405. The molecule has 2 saturated heterocycles. The SMILES string of the molecule is OC1(CCCCc2ccccc2)CC2CCCC(C1)N2. The van der Waals surface area contributed by atoms with E-state index in [-0.39, 0.29) is 0 Å². The highest BCUT2D eigenvalue weighted by atomic mass is 16.3. The quantitative estimate of drug-likeness (QED) is 0.806. The van der Waals surface area contributed by atoms with Gasteiger partial charge in [-0.25, -0.2) is 0 Å². The van der Waals surface area contributed by atoms with E-state index in [0.717, 1.165) is 32.1 Å². The van der Waals surface area contributed by atoms with Crippen molar-refractivity contribution in [3.63, 3.8) is 0 Å². The van der Waals surface area contributed by atoms with Crippen LogP contribution in [0.1, 0.15) is 56.9 Å². The van der Waals surface area contributed by atoms with E-state index in [1.54, 1.807) is 0 Å². The Morgan fingerprint density at radius 3 is 2.45 bits per heavy atom. The maximum Gasteiger partial charge on any atom is 0.0677 e. The highest BCUT2D eigenvalue weighted by Crippen LogP contribution is 2.35. The Labute approximate surface area is 122 Å². The van der Waals surface area contributed by atoms with Gasteiger partial charge in [-0.1, -0.05) is 43.2 Å². The largest absolute Gasteiger partial charge is 0.390 e. The first kappa shape index (κ1) is 14.1. The normalized spacial score (nSPS) is 33.0. The minimum Gasteiger partial charge on any atom is -0.390 e. The summed E-state index contributed by atoms with van der Waals surface area (Å²) in [6.45, 7) is 0. The number of benzene rings is 1. The van der Waals surface area contributed by atoms with Gasteiger partial charge in [-0.3, -0.25) is 0 Å². The first-order chi connectivity index (χ1) is 9.73. The molecule has 2 nitrogen and oxygen atoms in total. The molecule has 110 valence electrons. The molecule has 1 aromatic carbocycles. The van der Waals surface area contributed by atoms with Crippen LogP contribution in [0.3, 0.4) is 0 Å². The lowest BCUT2D eigenvalue weighted by molar-refractivity contribution is -0.0386. The molecule has 0 aliphatic carbocycles. The molecule has 20 heavy (non-hydrogen) atoms. The molecule has 0 saturated carbocycles. The van der Waals surface area contributed by atoms with Crippen molar-refractivity contribution in [2.75, 3.05) is 0 Å². The van der Waals surface area contributed by atoms with Crippen molar-refractivity contribution in [2.45, 2.75) is 75.5 Å². The fourth-order valence-electron chi connectivity index (χ4n) is 4.07. The van der Waals surface area contributed by atoms with E-state index >= 15 is 0 Å². The standard InChI is InChI=1S/C18H27NO/c20-18(13-16-10-6-11-17(14-18)19-16)12-5-4-9-15-7-2-1-3-8-15/h1-3,7-8,16-17,19-20H,4-6,9-14H2. The molecular weight excluding hydrogens is 246 g/mol. The Hall–Kier alpha value is -0.860. The fourth-order valence-corrected chi connectivity index (χ4v) is 4.07. The van der Waals surface area contributed by atoms with E-state index in [1.165, 1.54) is 31.2 Å². The van der Waals surface area contributed by atoms with Gasteiger partial charge in [0.05, 0.1) is 5.60 Å². The second-order valence-corrected chi connectivity index (χ2v) is 6.82. The molecule has 0 aromatic heterocycles. The van der Waals surface area contributed by atoms with Crippen molar-refractivity contribution in [3.8, 4) is 0 Å². The lowest BCUT2D eigenvalue weighted by Crippen LogP contribution is -2.55. The smallest absolute Gasteiger partial charge is 0.0677 e. The van der Waals surface area contributed by atoms with Gasteiger partial charge in [-0.15, -0.1) is 0 Å². The van der Waals surface area contributed by atoms with E-state index in [4.69, 9.17) is 0 Å². The maximum atomic E-state index is 10.8. The van der Waals surface area contributed by atoms with Crippen LogP contribution in [0.4, 0.5) is 0 Å². The lowest BCUT2D eigenvalue weighted by Gasteiger charge is -2.45. The van der Waals surface area contributed by atoms with Crippen molar-refractivity contribution in [2.24, 2.45) is 0 Å². The zero-order valence-electron chi connectivity index (χ0n) is 12.4. The molecule has 2 aliphatic heterocycles. The first-order valence-corrected chi connectivity index (χ1v) is 8.26. The Kier molecular flexibility index (Phi) is 4.42. The predicted molar refractivity (Wildman–Crippen MR) is 82.7 cm³/mol. The van der Waals surface area contributed by atoms with Crippen LogP contribution in [-0.2, 0) is 6.42 Å². The van der Waals surface area contributed by atoms with Crippen LogP contribution in [0.5, 0.6) is 0 Å². The van der Waals surface area contributed by atoms with Gasteiger partial charge in [0.25, 0.3) is 0 Å². The molecule has 2 N–H and O–H groups in total. The van der Waals surface area contributed by atoms with Crippen molar-refractivity contribution >= 4 is 0 Å². The summed E-state index contributed by atoms with van der Waals surface area (Å²) in [5, 5.41) is 14.5. The van der Waals surface area contributed by atoms with Gasteiger partial charge in [-0.05, 0) is 50.5 Å². The van der Waals surface area contributed by atoms with Crippen molar-refractivity contribution in [1.82, 2.24) is 5.32 Å². The minimum atomic E-state index is -0.391. The van der Waals surface area contributed by atoms with Gasteiger partial charge in [0.2, 0.25) is 0 Å². The number of unbranched alkanes of at least 4 members (excludes halogenated alkanes) is 1. The molecule has 0 amide bonds. The molecule has 1 aromatic rings. The number of fused-ring (bicyclic) bond motifs is 2. The highest BCUT2D eigenvalue weighted by molar-refractivity contribution is 5.14. The van der Waals surface area contributed by atoms with Gasteiger partial charge >= 0.3 is 0 Å². The Balaban J connectivity index is 1.43. The number of nitrogens with one attached hydrogen (secondary N) is 1. The van der Waals surface area contributed by atoms with E-state index in [1.807, 2.05) is 0 Å². The average molecular weight is 273 g/mol. The molecule has 2 aliphatic rings. The van der Waals surface area contributed by atoms with Gasteiger partial charge < -0.3 is 10.4 Å². The monoisotopic (exact) mass is 273 g/mol. The van der Waals surface area contributed by atoms with Crippen LogP contribution in [0, 0.1) is 0 Å². The topological polar surface area (TPSA) is 32.3 Å². The number of aliphatic hydroxyl groups is 1. The zero-order valence-corrected chi connectivity index (χ0v) is 12.4. The number of hydrogen-bond acceptors (Lipinski definition) is 2. The summed E-state index contributed by atoms with van der Waals surface area (Å²) >= 11 is 0. The van der Waals surface area contributed by atoms with Crippen molar-refractivity contribution in [1.29, 1.82) is 0 Å². The molecule has 0 radical (unpaired) electrons. The predicted octanol–water partition coefficient (Wildman–Crippen LogP) is 3.44. The van der Waals surface area contributed by atoms with Crippen LogP contribution in [-0.4, -0.2) is 22.8 Å². The fraction of sp³-hybridized carbons (Fsp3) is 0.667. The summed E-state index contributed by atoms with van der Waals surface area (Å²) in [5.74, 6) is 0. The molecule has 2 fully saturated rings. The first-order valence-electron chi connectivity index (χ1n) is 8.26. The number of hydrogen-bond donors (Lipinski definition) is 2. The van der Waals surface area contributed by atoms with Crippen molar-refractivity contribution < 1.29 is 5.11 Å². The summed E-state index contributed by atoms with van der Waals surface area (Å²) in [6.07, 6.45) is 10.2. The van der Waals surface area contributed by atoms with Crippen LogP contribution in [0.2, 0.25) is 0 Å². The molecule has 2 heterocycles. The number of aryl methyl sites for hydroxylation is 1. The van der Waals surface area contributed by atoms with Crippen LogP contribution in [0.15, 0.2) is 30.3 Å². The minimum absolute atomic E-state index is 0.391. The molecule has 3 rings (SSSR count). The second kappa shape index (κ2) is 6.28. The summed E-state index contributed by atoms with van der Waals surface area (Å²) in [5.41, 5.74) is 1.03. The van der Waals surface area contributed by atoms with Gasteiger partial charge in [0.1, 0.15) is 0 Å². The lowest BCUT2D eigenvalue weighted by atomic mass is 9.75. The summed E-state index contributed by atoms with van der Waals surface area (Å²) in [4.78, 5) is 0. The highest BCUT2D eigenvalue weighted by Gasteiger charge is 2.39. The average Bonchev–Trinajstić information content (AvgIpc) is 2.44.